The highest BCUT2D eigenvalue weighted by Crippen LogP contribution is 2.06. The van der Waals surface area contributed by atoms with Crippen LogP contribution in [0.25, 0.3) is 0 Å². The monoisotopic (exact) mass is 238 g/mol. The summed E-state index contributed by atoms with van der Waals surface area (Å²) >= 11 is 0. The molecular formula is C13H19FN2O. The van der Waals surface area contributed by atoms with Gasteiger partial charge in [-0.2, -0.15) is 4.39 Å². The zero-order valence-corrected chi connectivity index (χ0v) is 10.4. The number of hydrogen-bond donors (Lipinski definition) is 1. The summed E-state index contributed by atoms with van der Waals surface area (Å²) in [5.74, 6) is -1.11. The average molecular weight is 238 g/mol. The second kappa shape index (κ2) is 6.99. The number of unbranched alkanes of at least 4 members (excludes halogenated alkanes) is 2. The molecule has 1 unspecified atom stereocenters. The number of nitrogens with one attached hydrogen (secondary N) is 1. The minimum Gasteiger partial charge on any atom is -0.349 e. The predicted octanol–water partition coefficient (Wildman–Crippen LogP) is 2.92. The Morgan fingerprint density at radius 1 is 1.53 bits per heavy atom. The van der Waals surface area contributed by atoms with Gasteiger partial charge in [0.15, 0.2) is 0 Å². The Balaban J connectivity index is 2.46. The molecule has 1 atom stereocenters. The molecule has 1 heterocycles. The molecule has 94 valence electrons. The third-order valence-electron chi connectivity index (χ3n) is 2.62. The van der Waals surface area contributed by atoms with Crippen molar-refractivity contribution in [3.63, 3.8) is 0 Å². The topological polar surface area (TPSA) is 42.0 Å². The quantitative estimate of drug-likeness (QED) is 0.611. The molecule has 0 aliphatic heterocycles. The van der Waals surface area contributed by atoms with Crippen LogP contribution in [-0.4, -0.2) is 16.9 Å². The van der Waals surface area contributed by atoms with Crippen LogP contribution in [0.2, 0.25) is 0 Å². The van der Waals surface area contributed by atoms with E-state index in [1.807, 2.05) is 6.92 Å². The van der Waals surface area contributed by atoms with E-state index in [2.05, 4.69) is 17.2 Å². The van der Waals surface area contributed by atoms with Crippen molar-refractivity contribution >= 4 is 5.91 Å². The number of halogens is 1. The van der Waals surface area contributed by atoms with E-state index in [0.717, 1.165) is 25.7 Å². The largest absolute Gasteiger partial charge is 0.349 e. The number of nitrogens with zero attached hydrogens (tertiary/aromatic N) is 1. The number of amides is 1. The zero-order chi connectivity index (χ0) is 12.7. The first kappa shape index (κ1) is 13.6. The first-order valence-electron chi connectivity index (χ1n) is 6.06. The molecule has 3 nitrogen and oxygen atoms in total. The molecule has 0 spiro atoms. The van der Waals surface area contributed by atoms with Crippen LogP contribution in [-0.2, 0) is 0 Å². The summed E-state index contributed by atoms with van der Waals surface area (Å²) in [6, 6.07) is 3.06. The summed E-state index contributed by atoms with van der Waals surface area (Å²) in [4.78, 5) is 15.2. The lowest BCUT2D eigenvalue weighted by atomic mass is 10.1. The summed E-state index contributed by atoms with van der Waals surface area (Å²) < 4.78 is 13.2. The second-order valence-electron chi connectivity index (χ2n) is 4.21. The minimum absolute atomic E-state index is 0.00911. The number of carbonyl (C=O) groups excluding carboxylic acids is 1. The minimum atomic E-state index is -0.717. The van der Waals surface area contributed by atoms with Crippen LogP contribution in [0.4, 0.5) is 4.39 Å². The number of pyridine rings is 1. The van der Waals surface area contributed by atoms with Crippen molar-refractivity contribution in [1.29, 1.82) is 0 Å². The highest BCUT2D eigenvalue weighted by Gasteiger charge is 2.13. The summed E-state index contributed by atoms with van der Waals surface area (Å²) in [6.07, 6.45) is 5.63. The molecule has 17 heavy (non-hydrogen) atoms. The Morgan fingerprint density at radius 2 is 2.29 bits per heavy atom. The van der Waals surface area contributed by atoms with E-state index in [9.17, 15) is 9.18 Å². The van der Waals surface area contributed by atoms with Crippen LogP contribution >= 0.6 is 0 Å². The standard InChI is InChI=1S/C13H19FN2O/c1-3-4-5-7-10(2)16-13(17)11-8-6-9-15-12(11)14/h6,8-10H,3-5,7H2,1-2H3,(H,16,17). The van der Waals surface area contributed by atoms with Crippen molar-refractivity contribution in [3.05, 3.63) is 29.8 Å². The smallest absolute Gasteiger partial charge is 0.256 e. The van der Waals surface area contributed by atoms with E-state index < -0.39 is 5.95 Å². The van der Waals surface area contributed by atoms with E-state index in [1.54, 1.807) is 6.07 Å². The molecular weight excluding hydrogens is 219 g/mol. The molecule has 0 saturated carbocycles. The van der Waals surface area contributed by atoms with Gasteiger partial charge >= 0.3 is 0 Å². The van der Waals surface area contributed by atoms with E-state index in [4.69, 9.17) is 0 Å². The Kier molecular flexibility index (Phi) is 5.60. The molecule has 1 amide bonds. The third kappa shape index (κ3) is 4.51. The lowest BCUT2D eigenvalue weighted by Crippen LogP contribution is -2.33. The van der Waals surface area contributed by atoms with Crippen LogP contribution in [0.1, 0.15) is 49.9 Å². The van der Waals surface area contributed by atoms with Gasteiger partial charge in [0, 0.05) is 12.2 Å². The lowest BCUT2D eigenvalue weighted by molar-refractivity contribution is 0.0933. The van der Waals surface area contributed by atoms with Gasteiger partial charge in [-0.1, -0.05) is 26.2 Å². The zero-order valence-electron chi connectivity index (χ0n) is 10.4. The molecule has 1 aromatic heterocycles. The van der Waals surface area contributed by atoms with E-state index >= 15 is 0 Å². The highest BCUT2D eigenvalue weighted by molar-refractivity contribution is 5.94. The lowest BCUT2D eigenvalue weighted by Gasteiger charge is -2.13. The molecule has 4 heteroatoms. The summed E-state index contributed by atoms with van der Waals surface area (Å²) in [6.45, 7) is 4.07. The number of carbonyl (C=O) groups is 1. The molecule has 0 saturated heterocycles. The van der Waals surface area contributed by atoms with Crippen molar-refractivity contribution in [3.8, 4) is 0 Å². The van der Waals surface area contributed by atoms with Crippen LogP contribution in [0, 0.1) is 5.95 Å². The van der Waals surface area contributed by atoms with Crippen LogP contribution in [0.5, 0.6) is 0 Å². The first-order valence-corrected chi connectivity index (χ1v) is 6.06. The van der Waals surface area contributed by atoms with Crippen LogP contribution in [0.15, 0.2) is 18.3 Å². The molecule has 0 aliphatic rings. The Morgan fingerprint density at radius 3 is 2.94 bits per heavy atom. The summed E-state index contributed by atoms with van der Waals surface area (Å²) in [7, 11) is 0. The van der Waals surface area contributed by atoms with Gasteiger partial charge in [-0.25, -0.2) is 4.98 Å². The van der Waals surface area contributed by atoms with Crippen molar-refractivity contribution < 1.29 is 9.18 Å². The third-order valence-corrected chi connectivity index (χ3v) is 2.62. The van der Waals surface area contributed by atoms with Gasteiger partial charge in [-0.05, 0) is 25.5 Å². The Bertz CT molecular complexity index is 368. The van der Waals surface area contributed by atoms with Gasteiger partial charge in [0.1, 0.15) is 0 Å². The van der Waals surface area contributed by atoms with Crippen LogP contribution < -0.4 is 5.32 Å². The molecule has 1 rings (SSSR count). The van der Waals surface area contributed by atoms with Crippen molar-refractivity contribution in [2.45, 2.75) is 45.6 Å². The van der Waals surface area contributed by atoms with Gasteiger partial charge in [0.2, 0.25) is 5.95 Å². The summed E-state index contributed by atoms with van der Waals surface area (Å²) in [5, 5.41) is 2.78. The Labute approximate surface area is 101 Å². The van der Waals surface area contributed by atoms with Crippen molar-refractivity contribution in [1.82, 2.24) is 10.3 Å². The molecule has 0 aromatic carbocycles. The predicted molar refractivity (Wildman–Crippen MR) is 65.3 cm³/mol. The molecule has 0 radical (unpaired) electrons. The molecule has 0 aliphatic carbocycles. The molecule has 0 fully saturated rings. The second-order valence-corrected chi connectivity index (χ2v) is 4.21. The molecule has 0 bridgehead atoms. The normalized spacial score (nSPS) is 12.2. The van der Waals surface area contributed by atoms with Crippen molar-refractivity contribution in [2.24, 2.45) is 0 Å². The number of aromatic nitrogens is 1. The number of rotatable bonds is 6. The fourth-order valence-corrected chi connectivity index (χ4v) is 1.63. The maximum atomic E-state index is 13.2. The molecule has 1 aromatic rings. The van der Waals surface area contributed by atoms with E-state index in [0.29, 0.717) is 0 Å². The van der Waals surface area contributed by atoms with E-state index in [-0.39, 0.29) is 17.5 Å². The maximum Gasteiger partial charge on any atom is 0.256 e. The van der Waals surface area contributed by atoms with Gasteiger partial charge in [-0.15, -0.1) is 0 Å². The molecule has 1 N–H and O–H groups in total. The average Bonchev–Trinajstić information content (AvgIpc) is 2.29. The van der Waals surface area contributed by atoms with Gasteiger partial charge in [-0.3, -0.25) is 4.79 Å². The Hall–Kier alpha value is -1.45. The number of hydrogen-bond acceptors (Lipinski definition) is 2. The first-order chi connectivity index (χ1) is 8.15. The SMILES string of the molecule is CCCCCC(C)NC(=O)c1cccnc1F. The van der Waals surface area contributed by atoms with Crippen molar-refractivity contribution in [2.75, 3.05) is 0 Å². The van der Waals surface area contributed by atoms with E-state index in [1.165, 1.54) is 12.3 Å². The maximum absolute atomic E-state index is 13.2. The van der Waals surface area contributed by atoms with Gasteiger partial charge in [0.05, 0.1) is 5.56 Å². The fourth-order valence-electron chi connectivity index (χ4n) is 1.63. The summed E-state index contributed by atoms with van der Waals surface area (Å²) in [5.41, 5.74) is 0.00911. The highest BCUT2D eigenvalue weighted by atomic mass is 19.1. The van der Waals surface area contributed by atoms with Gasteiger partial charge < -0.3 is 5.32 Å². The fraction of sp³-hybridized carbons (Fsp3) is 0.538. The van der Waals surface area contributed by atoms with Gasteiger partial charge in [0.25, 0.3) is 5.91 Å². The van der Waals surface area contributed by atoms with Crippen LogP contribution in [0.3, 0.4) is 0 Å².